The topological polar surface area (TPSA) is 27.1 Å². The molecule has 0 atom stereocenters. The molecule has 0 aromatic carbocycles. The van der Waals surface area contributed by atoms with Crippen molar-refractivity contribution in [3.63, 3.8) is 0 Å². The summed E-state index contributed by atoms with van der Waals surface area (Å²) in [5.74, 6) is 0. The summed E-state index contributed by atoms with van der Waals surface area (Å²) in [6, 6.07) is 1.89. The van der Waals surface area contributed by atoms with Gasteiger partial charge >= 0.3 is 6.61 Å². The second-order valence-electron chi connectivity index (χ2n) is 4.91. The fraction of sp³-hybridized carbons (Fsp3) is 0.700. The average Bonchev–Trinajstić information content (AvgIpc) is 2.46. The van der Waals surface area contributed by atoms with Crippen molar-refractivity contribution < 1.29 is 13.5 Å². The van der Waals surface area contributed by atoms with Gasteiger partial charge in [0.1, 0.15) is 4.60 Å². The van der Waals surface area contributed by atoms with Crippen LogP contribution in [0, 0.1) is 5.41 Å². The Kier molecular flexibility index (Phi) is 2.17. The predicted molar refractivity (Wildman–Crippen MR) is 56.1 cm³/mol. The standard InChI is InChI=1S/C10H11BrF2N2O/c11-7-1-2-15(14-7)10-3-9(4-10,5-10)6-16-8(12)13/h1-2,8H,3-6H2. The number of hydrogen-bond acceptors (Lipinski definition) is 2. The molecular weight excluding hydrogens is 282 g/mol. The van der Waals surface area contributed by atoms with Gasteiger partial charge in [0.2, 0.25) is 0 Å². The molecule has 3 aliphatic carbocycles. The third kappa shape index (κ3) is 1.43. The lowest BCUT2D eigenvalue weighted by molar-refractivity contribution is -0.255. The molecule has 3 aliphatic rings. The van der Waals surface area contributed by atoms with Gasteiger partial charge in [-0.05, 0) is 41.3 Å². The number of aromatic nitrogens is 2. The molecule has 3 nitrogen and oxygen atoms in total. The second kappa shape index (κ2) is 3.26. The molecule has 0 radical (unpaired) electrons. The van der Waals surface area contributed by atoms with Gasteiger partial charge in [-0.2, -0.15) is 13.9 Å². The van der Waals surface area contributed by atoms with Crippen LogP contribution in [0.15, 0.2) is 16.9 Å². The molecule has 0 amide bonds. The summed E-state index contributed by atoms with van der Waals surface area (Å²) < 4.78 is 31.0. The minimum absolute atomic E-state index is 0.00510. The Bertz CT molecular complexity index is 401. The van der Waals surface area contributed by atoms with Crippen molar-refractivity contribution in [2.24, 2.45) is 5.41 Å². The third-order valence-electron chi connectivity index (χ3n) is 3.67. The predicted octanol–water partition coefficient (Wildman–Crippen LogP) is 2.76. The van der Waals surface area contributed by atoms with E-state index in [1.807, 2.05) is 16.9 Å². The molecule has 3 fully saturated rings. The van der Waals surface area contributed by atoms with Gasteiger partial charge in [-0.15, -0.1) is 0 Å². The Morgan fingerprint density at radius 1 is 1.50 bits per heavy atom. The Morgan fingerprint density at radius 3 is 2.69 bits per heavy atom. The number of hydrogen-bond donors (Lipinski definition) is 0. The largest absolute Gasteiger partial charge is 0.345 e. The van der Waals surface area contributed by atoms with Gasteiger partial charge in [0, 0.05) is 11.6 Å². The van der Waals surface area contributed by atoms with E-state index < -0.39 is 6.61 Å². The highest BCUT2D eigenvalue weighted by atomic mass is 79.9. The van der Waals surface area contributed by atoms with Gasteiger partial charge in [0.15, 0.2) is 0 Å². The number of ether oxygens (including phenoxy) is 1. The molecule has 1 heterocycles. The maximum Gasteiger partial charge on any atom is 0.345 e. The Hall–Kier alpha value is -0.490. The van der Waals surface area contributed by atoms with Gasteiger partial charge in [-0.25, -0.2) is 0 Å². The van der Waals surface area contributed by atoms with E-state index in [0.717, 1.165) is 23.9 Å². The smallest absolute Gasteiger partial charge is 0.322 e. The highest BCUT2D eigenvalue weighted by Gasteiger charge is 2.69. The van der Waals surface area contributed by atoms with E-state index in [9.17, 15) is 8.78 Å². The van der Waals surface area contributed by atoms with E-state index in [4.69, 9.17) is 0 Å². The van der Waals surface area contributed by atoms with Crippen molar-refractivity contribution in [1.82, 2.24) is 9.78 Å². The highest BCUT2D eigenvalue weighted by molar-refractivity contribution is 9.10. The molecule has 0 saturated heterocycles. The Balaban J connectivity index is 1.61. The lowest BCUT2D eigenvalue weighted by atomic mass is 9.39. The van der Waals surface area contributed by atoms with E-state index in [1.165, 1.54) is 0 Å². The molecule has 6 heteroatoms. The van der Waals surface area contributed by atoms with Crippen molar-refractivity contribution in [1.29, 1.82) is 0 Å². The van der Waals surface area contributed by atoms with E-state index in [1.54, 1.807) is 0 Å². The molecule has 3 saturated carbocycles. The first kappa shape index (κ1) is 10.7. The normalized spacial score (nSPS) is 36.0. The Labute approximate surface area is 99.9 Å². The second-order valence-corrected chi connectivity index (χ2v) is 5.72. The fourth-order valence-corrected chi connectivity index (χ4v) is 3.43. The van der Waals surface area contributed by atoms with Crippen LogP contribution in [-0.4, -0.2) is 23.0 Å². The first-order chi connectivity index (χ1) is 7.54. The molecule has 1 aromatic rings. The summed E-state index contributed by atoms with van der Waals surface area (Å²) in [6.45, 7) is -2.47. The summed E-state index contributed by atoms with van der Waals surface area (Å²) in [7, 11) is 0. The molecule has 0 spiro atoms. The Morgan fingerprint density at radius 2 is 2.19 bits per heavy atom. The molecule has 0 aliphatic heterocycles. The molecule has 16 heavy (non-hydrogen) atoms. The number of nitrogens with zero attached hydrogens (tertiary/aromatic N) is 2. The van der Waals surface area contributed by atoms with Crippen LogP contribution in [0.4, 0.5) is 8.78 Å². The van der Waals surface area contributed by atoms with Crippen LogP contribution < -0.4 is 0 Å². The minimum Gasteiger partial charge on any atom is -0.322 e. The first-order valence-corrected chi connectivity index (χ1v) is 5.95. The van der Waals surface area contributed by atoms with Gasteiger partial charge in [0.25, 0.3) is 0 Å². The summed E-state index contributed by atoms with van der Waals surface area (Å²) in [5.41, 5.74) is 0.0758. The molecule has 0 N–H and O–H groups in total. The van der Waals surface area contributed by atoms with E-state index in [0.29, 0.717) is 0 Å². The number of halogens is 3. The lowest BCUT2D eigenvalue weighted by Crippen LogP contribution is -2.69. The maximum absolute atomic E-state index is 11.9. The zero-order chi connectivity index (χ0) is 11.4. The van der Waals surface area contributed by atoms with Crippen molar-refractivity contribution in [2.75, 3.05) is 6.61 Å². The lowest BCUT2D eigenvalue weighted by Gasteiger charge is -2.70. The van der Waals surface area contributed by atoms with E-state index >= 15 is 0 Å². The summed E-state index contributed by atoms with van der Waals surface area (Å²) >= 11 is 3.30. The molecule has 88 valence electrons. The van der Waals surface area contributed by atoms with Crippen molar-refractivity contribution in [3.8, 4) is 0 Å². The summed E-state index contributed by atoms with van der Waals surface area (Å²) in [4.78, 5) is 0. The van der Waals surface area contributed by atoms with Gasteiger partial charge in [-0.1, -0.05) is 0 Å². The zero-order valence-corrected chi connectivity index (χ0v) is 10.1. The van der Waals surface area contributed by atoms with Crippen molar-refractivity contribution in [2.45, 2.75) is 31.4 Å². The van der Waals surface area contributed by atoms with Crippen LogP contribution in [-0.2, 0) is 10.3 Å². The third-order valence-corrected chi connectivity index (χ3v) is 4.09. The van der Waals surface area contributed by atoms with Crippen molar-refractivity contribution >= 4 is 15.9 Å². The minimum atomic E-state index is -2.65. The maximum atomic E-state index is 11.9. The number of rotatable bonds is 4. The summed E-state index contributed by atoms with van der Waals surface area (Å²) in [6.07, 6.45) is 4.64. The van der Waals surface area contributed by atoms with Crippen LogP contribution in [0.25, 0.3) is 0 Å². The molecular formula is C10H11BrF2N2O. The molecule has 2 bridgehead atoms. The monoisotopic (exact) mass is 292 g/mol. The quantitative estimate of drug-likeness (QED) is 0.853. The first-order valence-electron chi connectivity index (χ1n) is 5.15. The van der Waals surface area contributed by atoms with E-state index in [-0.39, 0.29) is 17.6 Å². The molecule has 0 unspecified atom stereocenters. The molecule has 4 rings (SSSR count). The van der Waals surface area contributed by atoms with Gasteiger partial charge in [0.05, 0.1) is 12.1 Å². The highest BCUT2D eigenvalue weighted by Crippen LogP contribution is 2.71. The fourth-order valence-electron chi connectivity index (χ4n) is 3.14. The van der Waals surface area contributed by atoms with Gasteiger partial charge < -0.3 is 4.74 Å². The van der Waals surface area contributed by atoms with Crippen LogP contribution in [0.3, 0.4) is 0 Å². The van der Waals surface area contributed by atoms with Crippen LogP contribution >= 0.6 is 15.9 Å². The summed E-state index contributed by atoms with van der Waals surface area (Å²) in [5, 5.41) is 4.31. The van der Waals surface area contributed by atoms with E-state index in [2.05, 4.69) is 25.8 Å². The average molecular weight is 293 g/mol. The van der Waals surface area contributed by atoms with Crippen LogP contribution in [0.2, 0.25) is 0 Å². The van der Waals surface area contributed by atoms with Crippen LogP contribution in [0.5, 0.6) is 0 Å². The SMILES string of the molecule is FC(F)OCC12CC(n3ccc(Br)n3)(C1)C2. The van der Waals surface area contributed by atoms with Crippen LogP contribution in [0.1, 0.15) is 19.3 Å². The zero-order valence-electron chi connectivity index (χ0n) is 8.50. The molecule has 1 aromatic heterocycles. The number of alkyl halides is 2. The van der Waals surface area contributed by atoms with Gasteiger partial charge in [-0.3, -0.25) is 4.68 Å². The van der Waals surface area contributed by atoms with Crippen molar-refractivity contribution in [3.05, 3.63) is 16.9 Å².